The highest BCUT2D eigenvalue weighted by molar-refractivity contribution is 5.56. The second kappa shape index (κ2) is 7.00. The molecule has 0 aliphatic rings. The summed E-state index contributed by atoms with van der Waals surface area (Å²) in [6.45, 7) is 6.28. The number of rotatable bonds is 7. The number of aromatic nitrogens is 2. The summed E-state index contributed by atoms with van der Waals surface area (Å²) in [4.78, 5) is 8.42. The van der Waals surface area contributed by atoms with Gasteiger partial charge in [0.25, 0.3) is 0 Å². The van der Waals surface area contributed by atoms with Gasteiger partial charge in [-0.15, -0.1) is 0 Å². The molecule has 90 valence electrons. The van der Waals surface area contributed by atoms with Crippen LogP contribution in [-0.2, 0) is 11.2 Å². The molecule has 0 radical (unpaired) electrons. The molecule has 2 N–H and O–H groups in total. The minimum atomic E-state index is 0.693. The average Bonchev–Trinajstić information content (AvgIpc) is 2.34. The van der Waals surface area contributed by atoms with Crippen molar-refractivity contribution in [1.29, 1.82) is 0 Å². The Bertz CT molecular complexity index is 317. The van der Waals surface area contributed by atoms with Gasteiger partial charge in [0.15, 0.2) is 0 Å². The molecule has 0 aliphatic carbocycles. The smallest absolute Gasteiger partial charge is 0.134 e. The maximum Gasteiger partial charge on any atom is 0.134 e. The van der Waals surface area contributed by atoms with Crippen molar-refractivity contribution in [2.75, 3.05) is 37.4 Å². The Morgan fingerprint density at radius 3 is 2.62 bits per heavy atom. The van der Waals surface area contributed by atoms with Crippen molar-refractivity contribution in [2.24, 2.45) is 0 Å². The molecule has 0 amide bonds. The van der Waals surface area contributed by atoms with Crippen molar-refractivity contribution < 1.29 is 4.74 Å². The number of hydrogen-bond donors (Lipinski definition) is 2. The van der Waals surface area contributed by atoms with Crippen LogP contribution in [0.5, 0.6) is 0 Å². The van der Waals surface area contributed by atoms with E-state index in [0.29, 0.717) is 6.61 Å². The lowest BCUT2D eigenvalue weighted by atomic mass is 10.2. The van der Waals surface area contributed by atoms with E-state index in [1.54, 1.807) is 6.33 Å². The van der Waals surface area contributed by atoms with Crippen LogP contribution in [0.4, 0.5) is 11.6 Å². The van der Waals surface area contributed by atoms with Gasteiger partial charge in [0.05, 0.1) is 6.61 Å². The topological polar surface area (TPSA) is 59.1 Å². The summed E-state index contributed by atoms with van der Waals surface area (Å²) in [6, 6.07) is 0. The zero-order chi connectivity index (χ0) is 11.8. The first-order valence-corrected chi connectivity index (χ1v) is 5.66. The van der Waals surface area contributed by atoms with Crippen molar-refractivity contribution in [1.82, 2.24) is 9.97 Å². The van der Waals surface area contributed by atoms with Gasteiger partial charge in [-0.2, -0.15) is 0 Å². The molecule has 0 fully saturated rings. The van der Waals surface area contributed by atoms with E-state index in [1.165, 1.54) is 0 Å². The Labute approximate surface area is 96.6 Å². The van der Waals surface area contributed by atoms with Crippen molar-refractivity contribution in [2.45, 2.75) is 20.3 Å². The summed E-state index contributed by atoms with van der Waals surface area (Å²) in [5.74, 6) is 1.78. The third kappa shape index (κ3) is 3.34. The first-order valence-electron chi connectivity index (χ1n) is 5.66. The highest BCUT2D eigenvalue weighted by atomic mass is 16.5. The normalized spacial score (nSPS) is 10.2. The molecule has 0 bridgehead atoms. The van der Waals surface area contributed by atoms with E-state index >= 15 is 0 Å². The maximum atomic E-state index is 5.26. The van der Waals surface area contributed by atoms with E-state index in [-0.39, 0.29) is 0 Å². The number of ether oxygens (including phenoxy) is 1. The molecule has 1 aromatic heterocycles. The van der Waals surface area contributed by atoms with Crippen LogP contribution in [-0.4, -0.2) is 36.8 Å². The summed E-state index contributed by atoms with van der Waals surface area (Å²) in [5.41, 5.74) is 1.11. The summed E-state index contributed by atoms with van der Waals surface area (Å²) < 4.78 is 5.26. The summed E-state index contributed by atoms with van der Waals surface area (Å²) in [6.07, 6.45) is 2.46. The maximum absolute atomic E-state index is 5.26. The molecule has 0 unspecified atom stereocenters. The van der Waals surface area contributed by atoms with Gasteiger partial charge in [-0.05, 0) is 13.3 Å². The molecular weight excluding hydrogens is 204 g/mol. The molecular formula is C11H20N4O. The lowest BCUT2D eigenvalue weighted by molar-refractivity contribution is 0.158. The predicted molar refractivity (Wildman–Crippen MR) is 65.9 cm³/mol. The van der Waals surface area contributed by atoms with E-state index < -0.39 is 0 Å². The molecule has 5 heteroatoms. The first kappa shape index (κ1) is 12.7. The Hall–Kier alpha value is -1.36. The van der Waals surface area contributed by atoms with Crippen LogP contribution in [0.25, 0.3) is 0 Å². The Morgan fingerprint density at radius 2 is 2.00 bits per heavy atom. The molecule has 0 atom stereocenters. The fourth-order valence-electron chi connectivity index (χ4n) is 1.50. The number of nitrogens with zero attached hydrogens (tertiary/aromatic N) is 2. The van der Waals surface area contributed by atoms with Gasteiger partial charge in [0.1, 0.15) is 18.0 Å². The zero-order valence-corrected chi connectivity index (χ0v) is 10.2. The Morgan fingerprint density at radius 1 is 1.25 bits per heavy atom. The van der Waals surface area contributed by atoms with E-state index in [2.05, 4.69) is 27.5 Å². The van der Waals surface area contributed by atoms with Crippen LogP contribution < -0.4 is 10.6 Å². The fourth-order valence-corrected chi connectivity index (χ4v) is 1.50. The lowest BCUT2D eigenvalue weighted by Crippen LogP contribution is -2.13. The van der Waals surface area contributed by atoms with Crippen molar-refractivity contribution in [3.8, 4) is 0 Å². The lowest BCUT2D eigenvalue weighted by Gasteiger charge is -2.12. The SMILES string of the molecule is CCOCCNc1ncnc(NC)c1CC. The molecule has 0 aromatic carbocycles. The van der Waals surface area contributed by atoms with Gasteiger partial charge in [0.2, 0.25) is 0 Å². The highest BCUT2D eigenvalue weighted by Crippen LogP contribution is 2.19. The van der Waals surface area contributed by atoms with Gasteiger partial charge < -0.3 is 15.4 Å². The van der Waals surface area contributed by atoms with E-state index in [9.17, 15) is 0 Å². The van der Waals surface area contributed by atoms with Gasteiger partial charge in [-0.3, -0.25) is 0 Å². The second-order valence-corrected chi connectivity index (χ2v) is 3.28. The molecule has 0 saturated carbocycles. The first-order chi connectivity index (χ1) is 7.83. The summed E-state index contributed by atoms with van der Waals surface area (Å²) >= 11 is 0. The molecule has 16 heavy (non-hydrogen) atoms. The third-order valence-electron chi connectivity index (χ3n) is 2.28. The Kier molecular flexibility index (Phi) is 5.56. The van der Waals surface area contributed by atoms with Crippen LogP contribution in [0.2, 0.25) is 0 Å². The van der Waals surface area contributed by atoms with Crippen LogP contribution in [0.3, 0.4) is 0 Å². The van der Waals surface area contributed by atoms with E-state index in [4.69, 9.17) is 4.74 Å². The quantitative estimate of drug-likeness (QED) is 0.688. The molecule has 1 aromatic rings. The van der Waals surface area contributed by atoms with Crippen LogP contribution >= 0.6 is 0 Å². The van der Waals surface area contributed by atoms with E-state index in [1.807, 2.05) is 14.0 Å². The largest absolute Gasteiger partial charge is 0.380 e. The molecule has 1 rings (SSSR count). The van der Waals surface area contributed by atoms with Crippen LogP contribution in [0.1, 0.15) is 19.4 Å². The second-order valence-electron chi connectivity index (χ2n) is 3.28. The fraction of sp³-hybridized carbons (Fsp3) is 0.636. The minimum Gasteiger partial charge on any atom is -0.380 e. The molecule has 0 saturated heterocycles. The van der Waals surface area contributed by atoms with Crippen molar-refractivity contribution in [3.63, 3.8) is 0 Å². The standard InChI is InChI=1S/C11H20N4O/c1-4-9-10(12-3)14-8-15-11(9)13-6-7-16-5-2/h8H,4-7H2,1-3H3,(H2,12,13,14,15). The summed E-state index contributed by atoms with van der Waals surface area (Å²) in [7, 11) is 1.87. The monoisotopic (exact) mass is 224 g/mol. The highest BCUT2D eigenvalue weighted by Gasteiger charge is 2.07. The van der Waals surface area contributed by atoms with Gasteiger partial charge in [-0.1, -0.05) is 6.92 Å². The van der Waals surface area contributed by atoms with Crippen LogP contribution in [0, 0.1) is 0 Å². The molecule has 0 aliphatic heterocycles. The van der Waals surface area contributed by atoms with Gasteiger partial charge in [0, 0.05) is 25.8 Å². The minimum absolute atomic E-state index is 0.693. The van der Waals surface area contributed by atoms with Crippen molar-refractivity contribution >= 4 is 11.6 Å². The van der Waals surface area contributed by atoms with Gasteiger partial charge in [-0.25, -0.2) is 9.97 Å². The molecule has 5 nitrogen and oxygen atoms in total. The predicted octanol–water partition coefficient (Wildman–Crippen LogP) is 1.53. The number of hydrogen-bond acceptors (Lipinski definition) is 5. The zero-order valence-electron chi connectivity index (χ0n) is 10.2. The molecule has 0 spiro atoms. The summed E-state index contributed by atoms with van der Waals surface area (Å²) in [5, 5.41) is 6.32. The van der Waals surface area contributed by atoms with E-state index in [0.717, 1.165) is 36.8 Å². The Balaban J connectivity index is 2.63. The average molecular weight is 224 g/mol. The number of nitrogens with one attached hydrogen (secondary N) is 2. The van der Waals surface area contributed by atoms with Crippen LogP contribution in [0.15, 0.2) is 6.33 Å². The molecule has 1 heterocycles. The van der Waals surface area contributed by atoms with Crippen molar-refractivity contribution in [3.05, 3.63) is 11.9 Å². The third-order valence-corrected chi connectivity index (χ3v) is 2.28. The van der Waals surface area contributed by atoms with Gasteiger partial charge >= 0.3 is 0 Å². The number of anilines is 2.